The van der Waals surface area contributed by atoms with E-state index in [1.165, 1.54) is 0 Å². The SMILES string of the molecule is O=S(=O)(CCN1CCC[C@@H](OCCO)C1)Oc1ccccc1. The molecule has 1 aromatic rings. The molecule has 1 N–H and O–H groups in total. The predicted molar refractivity (Wildman–Crippen MR) is 83.4 cm³/mol. The van der Waals surface area contributed by atoms with Crippen LogP contribution in [0.25, 0.3) is 0 Å². The Hall–Kier alpha value is -1.15. The largest absolute Gasteiger partial charge is 0.394 e. The molecule has 7 heteroatoms. The van der Waals surface area contributed by atoms with Gasteiger partial charge < -0.3 is 14.0 Å². The van der Waals surface area contributed by atoms with Gasteiger partial charge in [0.2, 0.25) is 0 Å². The van der Waals surface area contributed by atoms with Gasteiger partial charge in [-0.1, -0.05) is 18.2 Å². The van der Waals surface area contributed by atoms with Gasteiger partial charge in [-0.15, -0.1) is 0 Å². The van der Waals surface area contributed by atoms with E-state index in [2.05, 4.69) is 4.90 Å². The zero-order valence-electron chi connectivity index (χ0n) is 12.6. The molecule has 1 heterocycles. The third-order valence-electron chi connectivity index (χ3n) is 3.53. The Bertz CT molecular complexity index is 534. The summed E-state index contributed by atoms with van der Waals surface area (Å²) >= 11 is 0. The van der Waals surface area contributed by atoms with Crippen molar-refractivity contribution >= 4 is 10.1 Å². The molecule has 0 saturated carbocycles. The van der Waals surface area contributed by atoms with Gasteiger partial charge in [-0.05, 0) is 31.5 Å². The Morgan fingerprint density at radius 2 is 2.05 bits per heavy atom. The Morgan fingerprint density at radius 1 is 1.27 bits per heavy atom. The number of piperidine rings is 1. The summed E-state index contributed by atoms with van der Waals surface area (Å²) in [5.41, 5.74) is 0. The van der Waals surface area contributed by atoms with Gasteiger partial charge in [0.1, 0.15) is 5.75 Å². The van der Waals surface area contributed by atoms with Gasteiger partial charge in [-0.2, -0.15) is 8.42 Å². The molecule has 0 unspecified atom stereocenters. The average Bonchev–Trinajstić information content (AvgIpc) is 2.52. The van der Waals surface area contributed by atoms with Crippen LogP contribution >= 0.6 is 0 Å². The summed E-state index contributed by atoms with van der Waals surface area (Å²) in [6, 6.07) is 8.52. The van der Waals surface area contributed by atoms with E-state index in [1.54, 1.807) is 30.3 Å². The molecule has 0 amide bonds. The number of ether oxygens (including phenoxy) is 1. The maximum absolute atomic E-state index is 12.0. The topological polar surface area (TPSA) is 76.1 Å². The van der Waals surface area contributed by atoms with Crippen molar-refractivity contribution < 1.29 is 22.4 Å². The lowest BCUT2D eigenvalue weighted by Gasteiger charge is -2.32. The highest BCUT2D eigenvalue weighted by Gasteiger charge is 2.22. The maximum atomic E-state index is 12.0. The van der Waals surface area contributed by atoms with Gasteiger partial charge in [0, 0.05) is 13.1 Å². The standard InChI is InChI=1S/C15H23NO5S/c17-10-11-20-15-7-4-8-16(13-15)9-12-22(18,19)21-14-5-2-1-3-6-14/h1-3,5-6,15,17H,4,7-13H2/t15-/m1/s1. The zero-order chi connectivity index (χ0) is 15.8. The summed E-state index contributed by atoms with van der Waals surface area (Å²) in [4.78, 5) is 2.07. The van der Waals surface area contributed by atoms with Gasteiger partial charge in [0.25, 0.3) is 0 Å². The summed E-state index contributed by atoms with van der Waals surface area (Å²) < 4.78 is 34.5. The van der Waals surface area contributed by atoms with Crippen molar-refractivity contribution in [2.75, 3.05) is 38.6 Å². The van der Waals surface area contributed by atoms with E-state index >= 15 is 0 Å². The van der Waals surface area contributed by atoms with E-state index in [0.717, 1.165) is 19.4 Å². The number of benzene rings is 1. The highest BCUT2D eigenvalue weighted by atomic mass is 32.2. The number of para-hydroxylation sites is 1. The summed E-state index contributed by atoms with van der Waals surface area (Å²) in [5, 5.41) is 8.78. The monoisotopic (exact) mass is 329 g/mol. The molecule has 124 valence electrons. The Morgan fingerprint density at radius 3 is 2.77 bits per heavy atom. The molecule has 1 aliphatic rings. The van der Waals surface area contributed by atoms with E-state index in [9.17, 15) is 8.42 Å². The van der Waals surface area contributed by atoms with Crippen molar-refractivity contribution in [1.82, 2.24) is 4.90 Å². The van der Waals surface area contributed by atoms with Crippen molar-refractivity contribution in [3.63, 3.8) is 0 Å². The van der Waals surface area contributed by atoms with Gasteiger partial charge in [-0.25, -0.2) is 0 Å². The molecule has 0 radical (unpaired) electrons. The van der Waals surface area contributed by atoms with Crippen molar-refractivity contribution in [3.8, 4) is 5.75 Å². The quantitative estimate of drug-likeness (QED) is 0.713. The first-order chi connectivity index (χ1) is 10.6. The van der Waals surface area contributed by atoms with Gasteiger partial charge in [0.05, 0.1) is 25.1 Å². The molecule has 2 rings (SSSR count). The smallest absolute Gasteiger partial charge is 0.310 e. The number of hydrogen-bond acceptors (Lipinski definition) is 6. The van der Waals surface area contributed by atoms with Crippen LogP contribution in [0.4, 0.5) is 0 Å². The molecule has 1 saturated heterocycles. The fourth-order valence-electron chi connectivity index (χ4n) is 2.48. The van der Waals surface area contributed by atoms with Gasteiger partial charge >= 0.3 is 10.1 Å². The minimum absolute atomic E-state index is 0.00972. The lowest BCUT2D eigenvalue weighted by Crippen LogP contribution is -2.42. The van der Waals surface area contributed by atoms with E-state index in [0.29, 0.717) is 25.4 Å². The van der Waals surface area contributed by atoms with Crippen LogP contribution in [0.1, 0.15) is 12.8 Å². The molecule has 1 fully saturated rings. The molecular weight excluding hydrogens is 306 g/mol. The second-order valence-corrected chi connectivity index (χ2v) is 7.01. The van der Waals surface area contributed by atoms with Gasteiger partial charge in [0.15, 0.2) is 0 Å². The van der Waals surface area contributed by atoms with Crippen LogP contribution < -0.4 is 4.18 Å². The number of aliphatic hydroxyl groups excluding tert-OH is 1. The molecule has 22 heavy (non-hydrogen) atoms. The first-order valence-electron chi connectivity index (χ1n) is 7.51. The predicted octanol–water partition coefficient (Wildman–Crippen LogP) is 0.868. The first-order valence-corrected chi connectivity index (χ1v) is 9.09. The summed E-state index contributed by atoms with van der Waals surface area (Å²) in [7, 11) is -3.59. The van der Waals surface area contributed by atoms with Crippen LogP contribution in [-0.4, -0.2) is 63.1 Å². The van der Waals surface area contributed by atoms with Crippen LogP contribution in [0.5, 0.6) is 5.75 Å². The van der Waals surface area contributed by atoms with Crippen LogP contribution in [-0.2, 0) is 14.9 Å². The van der Waals surface area contributed by atoms with Crippen LogP contribution in [0.2, 0.25) is 0 Å². The number of nitrogens with zero attached hydrogens (tertiary/aromatic N) is 1. The number of hydrogen-bond donors (Lipinski definition) is 1. The normalized spacial score (nSPS) is 20.0. The molecule has 6 nitrogen and oxygen atoms in total. The number of aliphatic hydroxyl groups is 1. The van der Waals surface area contributed by atoms with E-state index < -0.39 is 10.1 Å². The van der Waals surface area contributed by atoms with Gasteiger partial charge in [-0.3, -0.25) is 4.90 Å². The third kappa shape index (κ3) is 5.92. The minimum atomic E-state index is -3.59. The summed E-state index contributed by atoms with van der Waals surface area (Å²) in [6.07, 6.45) is 1.98. The fourth-order valence-corrected chi connectivity index (χ4v) is 3.45. The molecule has 1 aliphatic heterocycles. The Kier molecular flexibility index (Phi) is 6.63. The van der Waals surface area contributed by atoms with Crippen LogP contribution in [0.15, 0.2) is 30.3 Å². The summed E-state index contributed by atoms with van der Waals surface area (Å²) in [6.45, 7) is 2.32. The lowest BCUT2D eigenvalue weighted by molar-refractivity contribution is -0.0131. The Balaban J connectivity index is 1.78. The molecular formula is C15H23NO5S. The van der Waals surface area contributed by atoms with Crippen LogP contribution in [0, 0.1) is 0 Å². The lowest BCUT2D eigenvalue weighted by atomic mass is 10.1. The maximum Gasteiger partial charge on any atom is 0.310 e. The highest BCUT2D eigenvalue weighted by molar-refractivity contribution is 7.87. The molecule has 0 spiro atoms. The molecule has 0 aromatic heterocycles. The fraction of sp³-hybridized carbons (Fsp3) is 0.600. The highest BCUT2D eigenvalue weighted by Crippen LogP contribution is 2.15. The van der Waals surface area contributed by atoms with E-state index in [-0.39, 0.29) is 18.5 Å². The van der Waals surface area contributed by atoms with Crippen molar-refractivity contribution in [2.24, 2.45) is 0 Å². The van der Waals surface area contributed by atoms with Crippen molar-refractivity contribution in [3.05, 3.63) is 30.3 Å². The van der Waals surface area contributed by atoms with Crippen molar-refractivity contribution in [1.29, 1.82) is 0 Å². The molecule has 0 bridgehead atoms. The second kappa shape index (κ2) is 8.47. The average molecular weight is 329 g/mol. The van der Waals surface area contributed by atoms with E-state index in [4.69, 9.17) is 14.0 Å². The first kappa shape index (κ1) is 17.2. The molecule has 1 aromatic carbocycles. The number of rotatable bonds is 8. The molecule has 0 aliphatic carbocycles. The molecule has 1 atom stereocenters. The number of likely N-dealkylation sites (tertiary alicyclic amines) is 1. The second-order valence-electron chi connectivity index (χ2n) is 5.32. The third-order valence-corrected chi connectivity index (χ3v) is 4.66. The zero-order valence-corrected chi connectivity index (χ0v) is 13.4. The van der Waals surface area contributed by atoms with Crippen LogP contribution in [0.3, 0.4) is 0 Å². The Labute approximate surface area is 131 Å². The minimum Gasteiger partial charge on any atom is -0.394 e. The van der Waals surface area contributed by atoms with Crippen molar-refractivity contribution in [2.45, 2.75) is 18.9 Å². The summed E-state index contributed by atoms with van der Waals surface area (Å²) in [5.74, 6) is 0.291. The van der Waals surface area contributed by atoms with E-state index in [1.807, 2.05) is 0 Å².